The lowest BCUT2D eigenvalue weighted by atomic mass is 9.84. The lowest BCUT2D eigenvalue weighted by Crippen LogP contribution is -2.27. The van der Waals surface area contributed by atoms with Crippen molar-refractivity contribution in [1.29, 1.82) is 0 Å². The average Bonchev–Trinajstić information content (AvgIpc) is 2.37. The van der Waals surface area contributed by atoms with E-state index in [-0.39, 0.29) is 0 Å². The maximum atomic E-state index is 6.18. The quantitative estimate of drug-likeness (QED) is 0.672. The number of nitrogens with one attached hydrogen (secondary N) is 1. The van der Waals surface area contributed by atoms with Gasteiger partial charge in [0.1, 0.15) is 0 Å². The Labute approximate surface area is 124 Å². The Hall–Kier alpha value is -0.110. The fraction of sp³-hybridized carbons (Fsp3) is 0.571. The molecule has 4 heteroatoms. The summed E-state index contributed by atoms with van der Waals surface area (Å²) in [6.07, 6.45) is 6.65. The lowest BCUT2D eigenvalue weighted by Gasteiger charge is -2.29. The first-order chi connectivity index (χ1) is 8.58. The third kappa shape index (κ3) is 3.46. The molecular weight excluding hydrogens is 289 g/mol. The highest BCUT2D eigenvalue weighted by Crippen LogP contribution is 2.34. The Balaban J connectivity index is 2.06. The van der Waals surface area contributed by atoms with Crippen LogP contribution >= 0.6 is 34.8 Å². The minimum atomic E-state index is 0.417. The van der Waals surface area contributed by atoms with Crippen LogP contribution < -0.4 is 5.32 Å². The molecular formula is C14H18Cl3N. The van der Waals surface area contributed by atoms with Crippen molar-refractivity contribution >= 4 is 40.5 Å². The van der Waals surface area contributed by atoms with E-state index < -0.39 is 0 Å². The molecule has 0 aromatic heterocycles. The number of anilines is 1. The van der Waals surface area contributed by atoms with Crippen molar-refractivity contribution in [1.82, 2.24) is 0 Å². The number of hydrogen-bond acceptors (Lipinski definition) is 1. The van der Waals surface area contributed by atoms with Crippen molar-refractivity contribution in [2.45, 2.75) is 45.1 Å². The highest BCUT2D eigenvalue weighted by molar-refractivity contribution is 6.44. The lowest BCUT2D eigenvalue weighted by molar-refractivity contribution is 0.328. The summed E-state index contributed by atoms with van der Waals surface area (Å²) in [5.41, 5.74) is 0.879. The van der Waals surface area contributed by atoms with Gasteiger partial charge in [-0.2, -0.15) is 0 Å². The van der Waals surface area contributed by atoms with E-state index in [1.165, 1.54) is 32.1 Å². The first kappa shape index (κ1) is 14.3. The zero-order valence-corrected chi connectivity index (χ0v) is 12.7. The Kier molecular flexibility index (Phi) is 5.06. The fourth-order valence-electron chi connectivity index (χ4n) is 2.63. The molecule has 0 spiro atoms. The number of halogens is 3. The van der Waals surface area contributed by atoms with Crippen LogP contribution in [0, 0.1) is 5.92 Å². The van der Waals surface area contributed by atoms with E-state index in [4.69, 9.17) is 34.8 Å². The van der Waals surface area contributed by atoms with Crippen LogP contribution in [0.25, 0.3) is 0 Å². The van der Waals surface area contributed by atoms with Gasteiger partial charge < -0.3 is 5.32 Å². The van der Waals surface area contributed by atoms with Crippen molar-refractivity contribution in [3.05, 3.63) is 27.2 Å². The van der Waals surface area contributed by atoms with Gasteiger partial charge in [0, 0.05) is 6.04 Å². The summed E-state index contributed by atoms with van der Waals surface area (Å²) in [5, 5.41) is 5.14. The number of hydrogen-bond donors (Lipinski definition) is 1. The van der Waals surface area contributed by atoms with Gasteiger partial charge in [-0.05, 0) is 37.8 Å². The summed E-state index contributed by atoms with van der Waals surface area (Å²) in [5.74, 6) is 0.726. The molecule has 1 unspecified atom stereocenters. The van der Waals surface area contributed by atoms with E-state index in [0.29, 0.717) is 21.1 Å². The molecule has 1 nitrogen and oxygen atoms in total. The molecule has 1 saturated carbocycles. The second-order valence-electron chi connectivity index (χ2n) is 5.08. The topological polar surface area (TPSA) is 12.0 Å². The highest BCUT2D eigenvalue weighted by Gasteiger charge is 2.20. The number of rotatable bonds is 3. The summed E-state index contributed by atoms with van der Waals surface area (Å²) < 4.78 is 0. The van der Waals surface area contributed by atoms with Gasteiger partial charge in [-0.3, -0.25) is 0 Å². The first-order valence-corrected chi connectivity index (χ1v) is 7.62. The molecule has 0 bridgehead atoms. The summed E-state index contributed by atoms with van der Waals surface area (Å²) in [7, 11) is 0. The molecule has 0 radical (unpaired) electrons. The van der Waals surface area contributed by atoms with Gasteiger partial charge in [-0.15, -0.1) is 0 Å². The average molecular weight is 307 g/mol. The first-order valence-electron chi connectivity index (χ1n) is 6.49. The van der Waals surface area contributed by atoms with Crippen molar-refractivity contribution in [3.8, 4) is 0 Å². The minimum Gasteiger partial charge on any atom is -0.381 e. The van der Waals surface area contributed by atoms with E-state index >= 15 is 0 Å². The maximum absolute atomic E-state index is 6.18. The second kappa shape index (κ2) is 6.36. The fourth-order valence-corrected chi connectivity index (χ4v) is 3.23. The van der Waals surface area contributed by atoms with Gasteiger partial charge in [-0.25, -0.2) is 0 Å². The maximum Gasteiger partial charge on any atom is 0.0653 e. The van der Waals surface area contributed by atoms with E-state index in [1.54, 1.807) is 6.07 Å². The molecule has 1 N–H and O–H groups in total. The van der Waals surface area contributed by atoms with E-state index in [9.17, 15) is 0 Å². The molecule has 1 aliphatic carbocycles. The molecule has 100 valence electrons. The summed E-state index contributed by atoms with van der Waals surface area (Å²) in [6, 6.07) is 3.92. The summed E-state index contributed by atoms with van der Waals surface area (Å²) in [6.45, 7) is 2.22. The SMILES string of the molecule is CC(Nc1cc(Cl)c(Cl)cc1Cl)C1CCCCC1. The van der Waals surface area contributed by atoms with Crippen molar-refractivity contribution in [2.75, 3.05) is 5.32 Å². The molecule has 18 heavy (non-hydrogen) atoms. The molecule has 1 aromatic carbocycles. The minimum absolute atomic E-state index is 0.417. The molecule has 0 aliphatic heterocycles. The van der Waals surface area contributed by atoms with Gasteiger partial charge in [0.05, 0.1) is 20.8 Å². The zero-order chi connectivity index (χ0) is 13.1. The molecule has 0 heterocycles. The van der Waals surface area contributed by atoms with E-state index in [0.717, 1.165) is 11.6 Å². The van der Waals surface area contributed by atoms with Crippen LogP contribution in [0.4, 0.5) is 5.69 Å². The van der Waals surface area contributed by atoms with Gasteiger partial charge in [-0.1, -0.05) is 54.1 Å². The predicted octanol–water partition coefficient (Wildman–Crippen LogP) is 6.03. The monoisotopic (exact) mass is 305 g/mol. The highest BCUT2D eigenvalue weighted by atomic mass is 35.5. The molecule has 1 atom stereocenters. The Morgan fingerprint density at radius 1 is 1.00 bits per heavy atom. The van der Waals surface area contributed by atoms with Crippen LogP contribution in [0.2, 0.25) is 15.1 Å². The third-order valence-electron chi connectivity index (χ3n) is 3.75. The summed E-state index contributed by atoms with van der Waals surface area (Å²) >= 11 is 18.1. The molecule has 1 fully saturated rings. The van der Waals surface area contributed by atoms with Crippen molar-refractivity contribution in [3.63, 3.8) is 0 Å². The Morgan fingerprint density at radius 3 is 2.28 bits per heavy atom. The second-order valence-corrected chi connectivity index (χ2v) is 6.30. The van der Waals surface area contributed by atoms with Gasteiger partial charge >= 0.3 is 0 Å². The van der Waals surface area contributed by atoms with Crippen LogP contribution in [0.15, 0.2) is 12.1 Å². The Morgan fingerprint density at radius 2 is 1.61 bits per heavy atom. The molecule has 2 rings (SSSR count). The van der Waals surface area contributed by atoms with Crippen LogP contribution in [0.1, 0.15) is 39.0 Å². The summed E-state index contributed by atoms with van der Waals surface area (Å²) in [4.78, 5) is 0. The van der Waals surface area contributed by atoms with Crippen LogP contribution in [-0.4, -0.2) is 6.04 Å². The van der Waals surface area contributed by atoms with E-state index in [1.807, 2.05) is 6.07 Å². The van der Waals surface area contributed by atoms with Crippen molar-refractivity contribution in [2.24, 2.45) is 5.92 Å². The largest absolute Gasteiger partial charge is 0.381 e. The van der Waals surface area contributed by atoms with Crippen LogP contribution in [0.5, 0.6) is 0 Å². The number of benzene rings is 1. The third-order valence-corrected chi connectivity index (χ3v) is 4.78. The van der Waals surface area contributed by atoms with Crippen LogP contribution in [-0.2, 0) is 0 Å². The van der Waals surface area contributed by atoms with Gasteiger partial charge in [0.15, 0.2) is 0 Å². The molecule has 1 aliphatic rings. The molecule has 1 aromatic rings. The molecule has 0 saturated heterocycles. The normalized spacial score (nSPS) is 18.7. The van der Waals surface area contributed by atoms with Crippen LogP contribution in [0.3, 0.4) is 0 Å². The smallest absolute Gasteiger partial charge is 0.0653 e. The predicted molar refractivity (Wildman–Crippen MR) is 81.1 cm³/mol. The standard InChI is InChI=1S/C14H18Cl3N/c1-9(10-5-3-2-4-6-10)18-14-8-12(16)11(15)7-13(14)17/h7-10,18H,2-6H2,1H3. The molecule has 0 amide bonds. The van der Waals surface area contributed by atoms with Gasteiger partial charge in [0.2, 0.25) is 0 Å². The van der Waals surface area contributed by atoms with Gasteiger partial charge in [0.25, 0.3) is 0 Å². The van der Waals surface area contributed by atoms with E-state index in [2.05, 4.69) is 12.2 Å². The zero-order valence-electron chi connectivity index (χ0n) is 10.5. The Bertz CT molecular complexity index is 414. The van der Waals surface area contributed by atoms with Crippen molar-refractivity contribution < 1.29 is 0 Å².